The van der Waals surface area contributed by atoms with Gasteiger partial charge in [0.25, 0.3) is 0 Å². The molecule has 0 saturated heterocycles. The average molecular weight is 268 g/mol. The third kappa shape index (κ3) is 2.12. The fourth-order valence-corrected chi connectivity index (χ4v) is 2.03. The molecule has 2 aromatic rings. The lowest BCUT2D eigenvalue weighted by Gasteiger charge is -2.01. The van der Waals surface area contributed by atoms with Crippen LogP contribution in [-0.2, 0) is 0 Å². The Bertz CT molecular complexity index is 699. The molecule has 0 fully saturated rings. The fourth-order valence-electron chi connectivity index (χ4n) is 2.03. The number of hydrogen-bond donors (Lipinski definition) is 1. The van der Waals surface area contributed by atoms with Gasteiger partial charge in [0.2, 0.25) is 5.78 Å². The summed E-state index contributed by atoms with van der Waals surface area (Å²) in [6.45, 7) is 0. The van der Waals surface area contributed by atoms with Crippen LogP contribution < -0.4 is 9.47 Å². The van der Waals surface area contributed by atoms with Crippen molar-refractivity contribution < 1.29 is 19.4 Å². The predicted octanol–water partition coefficient (Wildman–Crippen LogP) is 3.02. The van der Waals surface area contributed by atoms with Crippen LogP contribution in [0.15, 0.2) is 48.2 Å². The Labute approximate surface area is 115 Å². The molecule has 3 rings (SSSR count). The van der Waals surface area contributed by atoms with Crippen LogP contribution in [0, 0.1) is 0 Å². The molecule has 0 aliphatic carbocycles. The molecule has 0 spiro atoms. The Hall–Kier alpha value is -2.75. The molecule has 0 radical (unpaired) electrons. The monoisotopic (exact) mass is 268 g/mol. The molecule has 20 heavy (non-hydrogen) atoms. The first kappa shape index (κ1) is 12.3. The Morgan fingerprint density at radius 1 is 1.15 bits per heavy atom. The number of rotatable bonds is 2. The molecule has 0 bridgehead atoms. The highest BCUT2D eigenvalue weighted by molar-refractivity contribution is 6.14. The van der Waals surface area contributed by atoms with E-state index < -0.39 is 0 Å². The number of ether oxygens (including phenoxy) is 2. The van der Waals surface area contributed by atoms with Crippen LogP contribution in [0.5, 0.6) is 17.2 Å². The largest absolute Gasteiger partial charge is 0.508 e. The molecule has 0 atom stereocenters. The number of phenols is 1. The van der Waals surface area contributed by atoms with Gasteiger partial charge in [-0.05, 0) is 35.9 Å². The number of hydrogen-bond acceptors (Lipinski definition) is 4. The highest BCUT2D eigenvalue weighted by Crippen LogP contribution is 2.34. The van der Waals surface area contributed by atoms with Crippen molar-refractivity contribution in [3.8, 4) is 17.2 Å². The number of aromatic hydroxyl groups is 1. The number of allylic oxidation sites excluding steroid dienone is 1. The Kier molecular flexibility index (Phi) is 2.91. The van der Waals surface area contributed by atoms with Crippen molar-refractivity contribution in [2.24, 2.45) is 0 Å². The molecule has 100 valence electrons. The van der Waals surface area contributed by atoms with Gasteiger partial charge in [0, 0.05) is 6.07 Å². The normalized spacial score (nSPS) is 15.1. The van der Waals surface area contributed by atoms with Crippen molar-refractivity contribution >= 4 is 11.9 Å². The van der Waals surface area contributed by atoms with Gasteiger partial charge in [-0.25, -0.2) is 0 Å². The highest BCUT2D eigenvalue weighted by atomic mass is 16.5. The van der Waals surface area contributed by atoms with Gasteiger partial charge >= 0.3 is 0 Å². The van der Waals surface area contributed by atoms with Crippen molar-refractivity contribution in [3.05, 3.63) is 59.4 Å². The Morgan fingerprint density at radius 3 is 2.60 bits per heavy atom. The third-order valence-electron chi connectivity index (χ3n) is 3.07. The third-order valence-corrected chi connectivity index (χ3v) is 3.07. The molecule has 0 saturated carbocycles. The van der Waals surface area contributed by atoms with Crippen LogP contribution in [0.3, 0.4) is 0 Å². The molecule has 2 aromatic carbocycles. The number of fused-ring (bicyclic) bond motifs is 1. The fraction of sp³-hybridized carbons (Fsp3) is 0.0625. The van der Waals surface area contributed by atoms with Crippen LogP contribution in [0.25, 0.3) is 6.08 Å². The molecule has 4 heteroatoms. The van der Waals surface area contributed by atoms with Crippen LogP contribution >= 0.6 is 0 Å². The zero-order chi connectivity index (χ0) is 14.1. The second-order valence-electron chi connectivity index (χ2n) is 4.39. The van der Waals surface area contributed by atoms with Gasteiger partial charge in [0.1, 0.15) is 17.2 Å². The summed E-state index contributed by atoms with van der Waals surface area (Å²) in [6, 6.07) is 11.8. The standard InChI is InChI=1S/C16H12O4/c1-19-12-5-2-10(3-6-12)8-15-16(18)13-7-4-11(17)9-14(13)20-15/h2-9,17H,1H3/b15-8-. The van der Waals surface area contributed by atoms with Gasteiger partial charge in [-0.15, -0.1) is 0 Å². The molecule has 4 nitrogen and oxygen atoms in total. The van der Waals surface area contributed by atoms with E-state index in [-0.39, 0.29) is 17.3 Å². The first-order chi connectivity index (χ1) is 9.67. The summed E-state index contributed by atoms with van der Waals surface area (Å²) >= 11 is 0. The molecule has 0 amide bonds. The lowest BCUT2D eigenvalue weighted by Crippen LogP contribution is -1.97. The van der Waals surface area contributed by atoms with E-state index in [2.05, 4.69) is 0 Å². The maximum absolute atomic E-state index is 12.1. The maximum Gasteiger partial charge on any atom is 0.231 e. The topological polar surface area (TPSA) is 55.8 Å². The van der Waals surface area contributed by atoms with Gasteiger partial charge < -0.3 is 14.6 Å². The number of carbonyl (C=O) groups is 1. The summed E-state index contributed by atoms with van der Waals surface area (Å²) < 4.78 is 10.6. The lowest BCUT2D eigenvalue weighted by atomic mass is 10.1. The zero-order valence-electron chi connectivity index (χ0n) is 10.8. The average Bonchev–Trinajstić information content (AvgIpc) is 2.75. The summed E-state index contributed by atoms with van der Waals surface area (Å²) in [5, 5.41) is 9.39. The SMILES string of the molecule is COc1ccc(/C=C2\Oc3cc(O)ccc3C2=O)cc1. The molecule has 1 aliphatic rings. The molecule has 1 heterocycles. The van der Waals surface area contributed by atoms with E-state index >= 15 is 0 Å². The maximum atomic E-state index is 12.1. The molecule has 0 unspecified atom stereocenters. The smallest absolute Gasteiger partial charge is 0.231 e. The van der Waals surface area contributed by atoms with E-state index in [4.69, 9.17) is 9.47 Å². The van der Waals surface area contributed by atoms with E-state index in [0.29, 0.717) is 11.3 Å². The van der Waals surface area contributed by atoms with Crippen molar-refractivity contribution in [2.75, 3.05) is 7.11 Å². The van der Waals surface area contributed by atoms with Gasteiger partial charge in [-0.1, -0.05) is 12.1 Å². The molecule has 1 aliphatic heterocycles. The quantitative estimate of drug-likeness (QED) is 0.851. The Morgan fingerprint density at radius 2 is 1.90 bits per heavy atom. The molecule has 1 N–H and O–H groups in total. The van der Waals surface area contributed by atoms with Gasteiger partial charge in [-0.3, -0.25) is 4.79 Å². The highest BCUT2D eigenvalue weighted by Gasteiger charge is 2.27. The number of benzene rings is 2. The van der Waals surface area contributed by atoms with Gasteiger partial charge in [0.15, 0.2) is 5.76 Å². The summed E-state index contributed by atoms with van der Waals surface area (Å²) in [5.41, 5.74) is 1.30. The molecular formula is C16H12O4. The van der Waals surface area contributed by atoms with Crippen molar-refractivity contribution in [3.63, 3.8) is 0 Å². The van der Waals surface area contributed by atoms with E-state index in [0.717, 1.165) is 11.3 Å². The summed E-state index contributed by atoms with van der Waals surface area (Å²) in [5.74, 6) is 1.27. The van der Waals surface area contributed by atoms with Crippen LogP contribution in [-0.4, -0.2) is 18.0 Å². The second-order valence-corrected chi connectivity index (χ2v) is 4.39. The van der Waals surface area contributed by atoms with E-state index in [1.165, 1.54) is 12.1 Å². The minimum atomic E-state index is -0.184. The summed E-state index contributed by atoms with van der Waals surface area (Å²) in [7, 11) is 1.60. The van der Waals surface area contributed by atoms with E-state index in [9.17, 15) is 9.90 Å². The van der Waals surface area contributed by atoms with Gasteiger partial charge in [0.05, 0.1) is 12.7 Å². The van der Waals surface area contributed by atoms with E-state index in [1.54, 1.807) is 19.3 Å². The minimum Gasteiger partial charge on any atom is -0.508 e. The second kappa shape index (κ2) is 4.74. The predicted molar refractivity (Wildman–Crippen MR) is 74.0 cm³/mol. The zero-order valence-corrected chi connectivity index (χ0v) is 10.8. The van der Waals surface area contributed by atoms with Crippen LogP contribution in [0.2, 0.25) is 0 Å². The molecular weight excluding hydrogens is 256 g/mol. The number of methoxy groups -OCH3 is 1. The van der Waals surface area contributed by atoms with E-state index in [1.807, 2.05) is 24.3 Å². The van der Waals surface area contributed by atoms with Gasteiger partial charge in [-0.2, -0.15) is 0 Å². The summed E-state index contributed by atoms with van der Waals surface area (Å²) in [4.78, 5) is 12.1. The van der Waals surface area contributed by atoms with Crippen molar-refractivity contribution in [1.29, 1.82) is 0 Å². The minimum absolute atomic E-state index is 0.0715. The number of phenolic OH excluding ortho intramolecular Hbond substituents is 1. The van der Waals surface area contributed by atoms with Crippen LogP contribution in [0.1, 0.15) is 15.9 Å². The Balaban J connectivity index is 1.92. The lowest BCUT2D eigenvalue weighted by molar-refractivity contribution is 0.101. The number of carbonyl (C=O) groups excluding carboxylic acids is 1. The van der Waals surface area contributed by atoms with Crippen LogP contribution in [0.4, 0.5) is 0 Å². The first-order valence-electron chi connectivity index (χ1n) is 6.09. The first-order valence-corrected chi connectivity index (χ1v) is 6.09. The van der Waals surface area contributed by atoms with Crippen molar-refractivity contribution in [1.82, 2.24) is 0 Å². The number of ketones is 1. The summed E-state index contributed by atoms with van der Waals surface area (Å²) in [6.07, 6.45) is 1.67. The number of Topliss-reactive ketones (excluding diaryl/α,β-unsaturated/α-hetero) is 1. The molecule has 0 aromatic heterocycles. The van der Waals surface area contributed by atoms with Crippen molar-refractivity contribution in [2.45, 2.75) is 0 Å².